The van der Waals surface area contributed by atoms with Crippen LogP contribution < -0.4 is 5.73 Å². The molecule has 2 aliphatic carbocycles. The van der Waals surface area contributed by atoms with Gasteiger partial charge in [-0.2, -0.15) is 0 Å². The molecule has 0 aromatic rings. The summed E-state index contributed by atoms with van der Waals surface area (Å²) in [6.07, 6.45) is 12.9. The summed E-state index contributed by atoms with van der Waals surface area (Å²) in [5, 5.41) is 0. The molecule has 13 heavy (non-hydrogen) atoms. The summed E-state index contributed by atoms with van der Waals surface area (Å²) < 4.78 is 0. The summed E-state index contributed by atoms with van der Waals surface area (Å²) in [7, 11) is 0. The molecule has 2 N–H and O–H groups in total. The van der Waals surface area contributed by atoms with Gasteiger partial charge in [-0.25, -0.2) is 0 Å². The highest BCUT2D eigenvalue weighted by atomic mass is 14.7. The molecule has 0 aliphatic heterocycles. The van der Waals surface area contributed by atoms with Gasteiger partial charge in [-0.1, -0.05) is 12.8 Å². The molecule has 2 aliphatic rings. The lowest BCUT2D eigenvalue weighted by molar-refractivity contribution is 0.480. The lowest BCUT2D eigenvalue weighted by Crippen LogP contribution is -2.23. The van der Waals surface area contributed by atoms with E-state index in [2.05, 4.69) is 5.92 Å². The van der Waals surface area contributed by atoms with Crippen LogP contribution in [0.25, 0.3) is 0 Å². The minimum absolute atomic E-state index is 0.393. The van der Waals surface area contributed by atoms with Crippen molar-refractivity contribution in [1.29, 1.82) is 0 Å². The van der Waals surface area contributed by atoms with Crippen LogP contribution >= 0.6 is 0 Å². The Morgan fingerprint density at radius 1 is 1.31 bits per heavy atom. The quantitative estimate of drug-likeness (QED) is 0.657. The van der Waals surface area contributed by atoms with Gasteiger partial charge >= 0.3 is 0 Å². The second-order valence-corrected chi connectivity index (χ2v) is 4.60. The first-order valence-corrected chi connectivity index (χ1v) is 5.53. The Bertz CT molecular complexity index is 204. The average Bonchev–Trinajstić information content (AvgIpc) is 2.88. The molecule has 2 saturated carbocycles. The van der Waals surface area contributed by atoms with E-state index in [-0.39, 0.29) is 0 Å². The first-order chi connectivity index (χ1) is 6.34. The molecular formula is C12H19N. The molecule has 72 valence electrons. The Hall–Kier alpha value is -0.480. The summed E-state index contributed by atoms with van der Waals surface area (Å²) in [5.41, 5.74) is 6.13. The van der Waals surface area contributed by atoms with E-state index in [1.807, 2.05) is 0 Å². The van der Waals surface area contributed by atoms with Crippen LogP contribution in [-0.2, 0) is 0 Å². The molecule has 1 heteroatoms. The average molecular weight is 177 g/mol. The van der Waals surface area contributed by atoms with Crippen molar-refractivity contribution in [2.24, 2.45) is 23.5 Å². The Kier molecular flexibility index (Phi) is 2.60. The van der Waals surface area contributed by atoms with Crippen molar-refractivity contribution in [2.45, 2.75) is 44.6 Å². The van der Waals surface area contributed by atoms with Gasteiger partial charge in [-0.05, 0) is 37.0 Å². The highest BCUT2D eigenvalue weighted by molar-refractivity contribution is 5.04. The van der Waals surface area contributed by atoms with Crippen molar-refractivity contribution in [3.8, 4) is 12.3 Å². The van der Waals surface area contributed by atoms with Crippen molar-refractivity contribution in [2.75, 3.05) is 0 Å². The monoisotopic (exact) mass is 177 g/mol. The second-order valence-electron chi connectivity index (χ2n) is 4.60. The largest absolute Gasteiger partial charge is 0.327 e. The van der Waals surface area contributed by atoms with Gasteiger partial charge in [0.2, 0.25) is 0 Å². The zero-order chi connectivity index (χ0) is 9.26. The maximum absolute atomic E-state index is 6.13. The Morgan fingerprint density at radius 2 is 1.92 bits per heavy atom. The first-order valence-electron chi connectivity index (χ1n) is 5.53. The lowest BCUT2D eigenvalue weighted by atomic mass is 10.0. The number of nitrogens with two attached hydrogens (primary N) is 1. The fraction of sp³-hybridized carbons (Fsp3) is 0.833. The third kappa shape index (κ3) is 1.74. The van der Waals surface area contributed by atoms with Crippen LogP contribution in [0.3, 0.4) is 0 Å². The summed E-state index contributed by atoms with van der Waals surface area (Å²) in [5.74, 6) is 5.46. The van der Waals surface area contributed by atoms with E-state index in [0.29, 0.717) is 6.04 Å². The van der Waals surface area contributed by atoms with Crippen LogP contribution in [0.15, 0.2) is 0 Å². The Morgan fingerprint density at radius 3 is 2.46 bits per heavy atom. The fourth-order valence-electron chi connectivity index (χ4n) is 3.13. The maximum Gasteiger partial charge on any atom is 0.0101 e. The molecule has 3 atom stereocenters. The molecule has 2 rings (SSSR count). The number of hydrogen-bond acceptors (Lipinski definition) is 1. The molecule has 0 amide bonds. The van der Waals surface area contributed by atoms with Crippen LogP contribution in [0.4, 0.5) is 0 Å². The summed E-state index contributed by atoms with van der Waals surface area (Å²) in [6.45, 7) is 0. The summed E-state index contributed by atoms with van der Waals surface area (Å²) >= 11 is 0. The van der Waals surface area contributed by atoms with Crippen LogP contribution in [0, 0.1) is 30.1 Å². The van der Waals surface area contributed by atoms with Crippen molar-refractivity contribution < 1.29 is 0 Å². The number of terminal acetylenes is 1. The molecule has 0 bridgehead atoms. The van der Waals surface area contributed by atoms with Crippen molar-refractivity contribution in [1.82, 2.24) is 0 Å². The van der Waals surface area contributed by atoms with Gasteiger partial charge in [0.05, 0.1) is 0 Å². The molecule has 0 saturated heterocycles. The molecule has 0 spiro atoms. The minimum atomic E-state index is 0.393. The van der Waals surface area contributed by atoms with Gasteiger partial charge in [-0.15, -0.1) is 12.3 Å². The zero-order valence-electron chi connectivity index (χ0n) is 8.21. The number of hydrogen-bond donors (Lipinski definition) is 1. The van der Waals surface area contributed by atoms with E-state index in [4.69, 9.17) is 12.2 Å². The van der Waals surface area contributed by atoms with Crippen LogP contribution in [0.2, 0.25) is 0 Å². The van der Waals surface area contributed by atoms with Gasteiger partial charge in [0.15, 0.2) is 0 Å². The molecule has 0 aromatic heterocycles. The van der Waals surface area contributed by atoms with Gasteiger partial charge in [0, 0.05) is 12.5 Å². The highest BCUT2D eigenvalue weighted by Gasteiger charge is 2.52. The first kappa shape index (κ1) is 9.09. The topological polar surface area (TPSA) is 26.0 Å². The van der Waals surface area contributed by atoms with E-state index in [1.165, 1.54) is 25.7 Å². The molecule has 0 radical (unpaired) electrons. The van der Waals surface area contributed by atoms with Crippen molar-refractivity contribution in [3.63, 3.8) is 0 Å². The smallest absolute Gasteiger partial charge is 0.0101 e. The van der Waals surface area contributed by atoms with Crippen LogP contribution in [-0.4, -0.2) is 6.04 Å². The highest BCUT2D eigenvalue weighted by Crippen LogP contribution is 2.57. The predicted molar refractivity (Wildman–Crippen MR) is 55.0 cm³/mol. The Labute approximate surface area is 81.1 Å². The Balaban J connectivity index is 1.79. The zero-order valence-corrected chi connectivity index (χ0v) is 8.21. The standard InChI is InChI=1S/C12H19N/c1-2-3-8-11(13)12-9-6-4-5-7-10(9)12/h1,9-12H,3-8,13H2. The van der Waals surface area contributed by atoms with E-state index < -0.39 is 0 Å². The van der Waals surface area contributed by atoms with E-state index >= 15 is 0 Å². The SMILES string of the molecule is C#CCCC(N)C1C2CCCCC21. The van der Waals surface area contributed by atoms with E-state index in [1.54, 1.807) is 0 Å². The van der Waals surface area contributed by atoms with Gasteiger partial charge < -0.3 is 5.73 Å². The molecule has 2 fully saturated rings. The molecule has 0 heterocycles. The molecule has 0 aromatic carbocycles. The fourth-order valence-corrected chi connectivity index (χ4v) is 3.13. The van der Waals surface area contributed by atoms with Crippen molar-refractivity contribution >= 4 is 0 Å². The lowest BCUT2D eigenvalue weighted by Gasteiger charge is -2.08. The third-order valence-corrected chi connectivity index (χ3v) is 3.84. The summed E-state index contributed by atoms with van der Waals surface area (Å²) in [4.78, 5) is 0. The van der Waals surface area contributed by atoms with Crippen LogP contribution in [0.5, 0.6) is 0 Å². The summed E-state index contributed by atoms with van der Waals surface area (Å²) in [6, 6.07) is 0.393. The molecular weight excluding hydrogens is 158 g/mol. The van der Waals surface area contributed by atoms with Gasteiger partial charge in [-0.3, -0.25) is 0 Å². The molecule has 1 nitrogen and oxygen atoms in total. The number of rotatable bonds is 3. The maximum atomic E-state index is 6.13. The number of fused-ring (bicyclic) bond motifs is 1. The molecule has 3 unspecified atom stereocenters. The van der Waals surface area contributed by atoms with Gasteiger partial charge in [0.1, 0.15) is 0 Å². The van der Waals surface area contributed by atoms with Gasteiger partial charge in [0.25, 0.3) is 0 Å². The van der Waals surface area contributed by atoms with Crippen LogP contribution in [0.1, 0.15) is 38.5 Å². The van der Waals surface area contributed by atoms with Crippen molar-refractivity contribution in [3.05, 3.63) is 0 Å². The van der Waals surface area contributed by atoms with E-state index in [0.717, 1.165) is 30.6 Å². The van der Waals surface area contributed by atoms with E-state index in [9.17, 15) is 0 Å². The normalized spacial score (nSPS) is 38.9. The third-order valence-electron chi connectivity index (χ3n) is 3.84. The minimum Gasteiger partial charge on any atom is -0.327 e. The predicted octanol–water partition coefficient (Wildman–Crippen LogP) is 2.16. The second kappa shape index (κ2) is 3.72.